The van der Waals surface area contributed by atoms with E-state index in [0.717, 1.165) is 11.1 Å². The standard InChI is InChI=1S/C21H20ClN3O3/c1-14-2-4-15(5-3-14)12-25-19(27)21(23-20(25)28)10-11-24(13-21)18(26)16-6-8-17(22)9-7-16/h2-9H,10-13H2,1H3,(H,23,28). The molecule has 4 rings (SSSR count). The van der Waals surface area contributed by atoms with Gasteiger partial charge in [0.15, 0.2) is 0 Å². The van der Waals surface area contributed by atoms with Crippen LogP contribution in [0.4, 0.5) is 4.79 Å². The van der Waals surface area contributed by atoms with Crippen LogP contribution in [0.15, 0.2) is 48.5 Å². The maximum Gasteiger partial charge on any atom is 0.325 e. The second kappa shape index (κ2) is 6.95. The number of carbonyl (C=O) groups is 3. The number of hydrogen-bond donors (Lipinski definition) is 1. The average molecular weight is 398 g/mol. The van der Waals surface area contributed by atoms with Crippen molar-refractivity contribution >= 4 is 29.4 Å². The fourth-order valence-corrected chi connectivity index (χ4v) is 3.86. The minimum Gasteiger partial charge on any atom is -0.336 e. The summed E-state index contributed by atoms with van der Waals surface area (Å²) in [5.74, 6) is -0.447. The molecular formula is C21H20ClN3O3. The molecule has 1 unspecified atom stereocenters. The number of imide groups is 1. The van der Waals surface area contributed by atoms with Gasteiger partial charge >= 0.3 is 6.03 Å². The van der Waals surface area contributed by atoms with Crippen molar-refractivity contribution in [1.29, 1.82) is 0 Å². The first-order valence-corrected chi connectivity index (χ1v) is 9.50. The van der Waals surface area contributed by atoms with Crippen LogP contribution in [0.1, 0.15) is 27.9 Å². The summed E-state index contributed by atoms with van der Waals surface area (Å²) in [6.07, 6.45) is 0.404. The van der Waals surface area contributed by atoms with Gasteiger partial charge in [-0.05, 0) is 43.2 Å². The van der Waals surface area contributed by atoms with Crippen molar-refractivity contribution in [3.8, 4) is 0 Å². The summed E-state index contributed by atoms with van der Waals surface area (Å²) < 4.78 is 0. The smallest absolute Gasteiger partial charge is 0.325 e. The number of halogens is 1. The summed E-state index contributed by atoms with van der Waals surface area (Å²) in [6, 6.07) is 13.9. The molecule has 7 heteroatoms. The Balaban J connectivity index is 1.49. The number of aryl methyl sites for hydroxylation is 1. The van der Waals surface area contributed by atoms with Crippen LogP contribution in [0.3, 0.4) is 0 Å². The molecule has 144 valence electrons. The zero-order chi connectivity index (χ0) is 19.9. The molecule has 2 saturated heterocycles. The van der Waals surface area contributed by atoms with E-state index in [1.165, 1.54) is 4.90 Å². The van der Waals surface area contributed by atoms with Gasteiger partial charge in [0, 0.05) is 17.1 Å². The third-order valence-corrected chi connectivity index (χ3v) is 5.61. The molecule has 2 aromatic carbocycles. The third-order valence-electron chi connectivity index (χ3n) is 5.35. The van der Waals surface area contributed by atoms with Gasteiger partial charge in [0.25, 0.3) is 11.8 Å². The Labute approximate surface area is 168 Å². The Bertz CT molecular complexity index is 942. The second-order valence-corrected chi connectivity index (χ2v) is 7.81. The Morgan fingerprint density at radius 1 is 1.11 bits per heavy atom. The average Bonchev–Trinajstić information content (AvgIpc) is 3.20. The number of nitrogens with zero attached hydrogens (tertiary/aromatic N) is 2. The highest BCUT2D eigenvalue weighted by atomic mass is 35.5. The summed E-state index contributed by atoms with van der Waals surface area (Å²) in [6.45, 7) is 2.78. The van der Waals surface area contributed by atoms with Gasteiger partial charge in [-0.25, -0.2) is 4.79 Å². The monoisotopic (exact) mass is 397 g/mol. The van der Waals surface area contributed by atoms with E-state index in [1.807, 2.05) is 31.2 Å². The predicted octanol–water partition coefficient (Wildman–Crippen LogP) is 2.99. The minimum atomic E-state index is -1.04. The normalized spacial score (nSPS) is 21.5. The van der Waals surface area contributed by atoms with Gasteiger partial charge in [-0.3, -0.25) is 14.5 Å². The lowest BCUT2D eigenvalue weighted by Gasteiger charge is -2.22. The molecule has 6 nitrogen and oxygen atoms in total. The summed E-state index contributed by atoms with van der Waals surface area (Å²) in [5.41, 5.74) is 1.47. The lowest BCUT2D eigenvalue weighted by Crippen LogP contribution is -2.49. The molecule has 2 aliphatic rings. The SMILES string of the molecule is Cc1ccc(CN2C(=O)NC3(CCN(C(=O)c4ccc(Cl)cc4)C3)C2=O)cc1. The molecule has 2 aliphatic heterocycles. The van der Waals surface area contributed by atoms with E-state index in [4.69, 9.17) is 11.6 Å². The van der Waals surface area contributed by atoms with Crippen molar-refractivity contribution in [2.75, 3.05) is 13.1 Å². The Morgan fingerprint density at radius 3 is 2.46 bits per heavy atom. The summed E-state index contributed by atoms with van der Waals surface area (Å²) >= 11 is 5.88. The lowest BCUT2D eigenvalue weighted by molar-refractivity contribution is -0.131. The highest BCUT2D eigenvalue weighted by Gasteiger charge is 2.55. The molecule has 2 fully saturated rings. The van der Waals surface area contributed by atoms with Crippen LogP contribution in [0.25, 0.3) is 0 Å². The zero-order valence-electron chi connectivity index (χ0n) is 15.4. The summed E-state index contributed by atoms with van der Waals surface area (Å²) in [5, 5.41) is 3.38. The molecule has 2 aromatic rings. The lowest BCUT2D eigenvalue weighted by atomic mass is 9.99. The number of nitrogens with one attached hydrogen (secondary N) is 1. The molecule has 4 amide bonds. The van der Waals surface area contributed by atoms with Crippen molar-refractivity contribution in [2.24, 2.45) is 0 Å². The van der Waals surface area contributed by atoms with E-state index < -0.39 is 11.6 Å². The molecule has 28 heavy (non-hydrogen) atoms. The van der Waals surface area contributed by atoms with E-state index in [9.17, 15) is 14.4 Å². The van der Waals surface area contributed by atoms with Gasteiger partial charge < -0.3 is 10.2 Å². The van der Waals surface area contributed by atoms with Crippen LogP contribution in [0, 0.1) is 6.92 Å². The van der Waals surface area contributed by atoms with Crippen LogP contribution in [0.2, 0.25) is 5.02 Å². The minimum absolute atomic E-state index is 0.170. The molecule has 0 aromatic heterocycles. The molecule has 0 aliphatic carbocycles. The van der Waals surface area contributed by atoms with Crippen LogP contribution >= 0.6 is 11.6 Å². The number of rotatable bonds is 3. The fraction of sp³-hybridized carbons (Fsp3) is 0.286. The van der Waals surface area contributed by atoms with Crippen molar-refractivity contribution < 1.29 is 14.4 Å². The summed E-state index contributed by atoms with van der Waals surface area (Å²) in [7, 11) is 0. The third kappa shape index (κ3) is 3.24. The zero-order valence-corrected chi connectivity index (χ0v) is 16.2. The Kier molecular flexibility index (Phi) is 4.59. The van der Waals surface area contributed by atoms with E-state index in [-0.39, 0.29) is 24.9 Å². The fourth-order valence-electron chi connectivity index (χ4n) is 3.73. The number of hydrogen-bond acceptors (Lipinski definition) is 3. The first-order chi connectivity index (χ1) is 13.4. The Hall–Kier alpha value is -2.86. The van der Waals surface area contributed by atoms with E-state index in [0.29, 0.717) is 23.6 Å². The number of urea groups is 1. The number of amides is 4. The highest BCUT2D eigenvalue weighted by Crippen LogP contribution is 2.30. The quantitative estimate of drug-likeness (QED) is 0.809. The van der Waals surface area contributed by atoms with E-state index in [1.54, 1.807) is 29.2 Å². The second-order valence-electron chi connectivity index (χ2n) is 7.37. The van der Waals surface area contributed by atoms with Crippen LogP contribution in [-0.4, -0.2) is 46.3 Å². The number of likely N-dealkylation sites (tertiary alicyclic amines) is 1. The molecule has 0 saturated carbocycles. The highest BCUT2D eigenvalue weighted by molar-refractivity contribution is 6.30. The van der Waals surface area contributed by atoms with Gasteiger partial charge in [0.1, 0.15) is 5.54 Å². The molecule has 0 bridgehead atoms. The van der Waals surface area contributed by atoms with Gasteiger partial charge in [0.05, 0.1) is 13.1 Å². The molecular weight excluding hydrogens is 378 g/mol. The maximum atomic E-state index is 13.0. The van der Waals surface area contributed by atoms with Gasteiger partial charge in [-0.15, -0.1) is 0 Å². The number of carbonyl (C=O) groups excluding carboxylic acids is 3. The first-order valence-electron chi connectivity index (χ1n) is 9.12. The maximum absolute atomic E-state index is 13.0. The number of benzene rings is 2. The van der Waals surface area contributed by atoms with Crippen molar-refractivity contribution in [3.05, 3.63) is 70.2 Å². The summed E-state index contributed by atoms with van der Waals surface area (Å²) in [4.78, 5) is 41.1. The van der Waals surface area contributed by atoms with Gasteiger partial charge in [-0.2, -0.15) is 0 Å². The topological polar surface area (TPSA) is 69.7 Å². The predicted molar refractivity (Wildman–Crippen MR) is 105 cm³/mol. The largest absolute Gasteiger partial charge is 0.336 e. The van der Waals surface area contributed by atoms with Crippen molar-refractivity contribution in [2.45, 2.75) is 25.4 Å². The molecule has 1 N–H and O–H groups in total. The van der Waals surface area contributed by atoms with Gasteiger partial charge in [-0.1, -0.05) is 41.4 Å². The van der Waals surface area contributed by atoms with E-state index >= 15 is 0 Å². The molecule has 2 heterocycles. The first kappa shape index (κ1) is 18.5. The molecule has 1 spiro atoms. The van der Waals surface area contributed by atoms with Crippen molar-refractivity contribution in [3.63, 3.8) is 0 Å². The van der Waals surface area contributed by atoms with Crippen LogP contribution in [-0.2, 0) is 11.3 Å². The van der Waals surface area contributed by atoms with Gasteiger partial charge in [0.2, 0.25) is 0 Å². The van der Waals surface area contributed by atoms with Crippen molar-refractivity contribution in [1.82, 2.24) is 15.1 Å². The Morgan fingerprint density at radius 2 is 1.79 bits per heavy atom. The molecule has 1 atom stereocenters. The van der Waals surface area contributed by atoms with E-state index in [2.05, 4.69) is 5.32 Å². The van der Waals surface area contributed by atoms with Crippen LogP contribution < -0.4 is 5.32 Å². The van der Waals surface area contributed by atoms with Crippen LogP contribution in [0.5, 0.6) is 0 Å². The molecule has 0 radical (unpaired) electrons.